The van der Waals surface area contributed by atoms with Gasteiger partial charge >= 0.3 is 0 Å². The highest BCUT2D eigenvalue weighted by molar-refractivity contribution is 5.40. The van der Waals surface area contributed by atoms with E-state index >= 15 is 0 Å². The van der Waals surface area contributed by atoms with Gasteiger partial charge < -0.3 is 10.2 Å². The molecule has 0 atom stereocenters. The van der Waals surface area contributed by atoms with Crippen LogP contribution in [-0.2, 0) is 12.8 Å². The maximum absolute atomic E-state index is 4.25. The van der Waals surface area contributed by atoms with Gasteiger partial charge in [-0.2, -0.15) is 5.10 Å². The van der Waals surface area contributed by atoms with Crippen molar-refractivity contribution in [1.82, 2.24) is 15.5 Å². The molecular weight excluding hydrogens is 272 g/mol. The van der Waals surface area contributed by atoms with Gasteiger partial charge in [0.1, 0.15) is 0 Å². The number of rotatable bonds is 4. The second-order valence-electron chi connectivity index (χ2n) is 6.59. The summed E-state index contributed by atoms with van der Waals surface area (Å²) in [5.74, 6) is 1.74. The summed E-state index contributed by atoms with van der Waals surface area (Å²) in [4.78, 5) is 2.31. The Bertz CT molecular complexity index is 621. The fourth-order valence-electron chi connectivity index (χ4n) is 3.48. The fourth-order valence-corrected chi connectivity index (χ4v) is 3.48. The standard InChI is InChI=1S/C18H22N4/c1-13-6-7-18(21-20-13)22-11-14(12-22)10-19-17-8-15-4-2-3-5-16(15)9-17/h2-7,14,17,19H,8-12H2,1H3. The van der Waals surface area contributed by atoms with E-state index in [0.717, 1.165) is 37.1 Å². The van der Waals surface area contributed by atoms with Crippen molar-refractivity contribution in [1.29, 1.82) is 0 Å². The summed E-state index contributed by atoms with van der Waals surface area (Å²) in [6.07, 6.45) is 2.35. The normalized spacial score (nSPS) is 18.3. The topological polar surface area (TPSA) is 41.0 Å². The van der Waals surface area contributed by atoms with Crippen molar-refractivity contribution >= 4 is 5.82 Å². The lowest BCUT2D eigenvalue weighted by Gasteiger charge is -2.40. The van der Waals surface area contributed by atoms with Crippen molar-refractivity contribution in [2.24, 2.45) is 5.92 Å². The first kappa shape index (κ1) is 13.7. The van der Waals surface area contributed by atoms with Crippen LogP contribution >= 0.6 is 0 Å². The van der Waals surface area contributed by atoms with Crippen molar-refractivity contribution in [3.8, 4) is 0 Å². The lowest BCUT2D eigenvalue weighted by atomic mass is 9.99. The van der Waals surface area contributed by atoms with Crippen LogP contribution in [-0.4, -0.2) is 35.9 Å². The van der Waals surface area contributed by atoms with Crippen LogP contribution in [0.5, 0.6) is 0 Å². The maximum atomic E-state index is 4.25. The Morgan fingerprint density at radius 1 is 1.05 bits per heavy atom. The molecule has 4 heteroatoms. The summed E-state index contributed by atoms with van der Waals surface area (Å²) in [5, 5.41) is 12.1. The van der Waals surface area contributed by atoms with Gasteiger partial charge in [-0.25, -0.2) is 0 Å². The van der Waals surface area contributed by atoms with Gasteiger partial charge in [-0.3, -0.25) is 0 Å². The van der Waals surface area contributed by atoms with Gasteiger partial charge in [-0.15, -0.1) is 5.10 Å². The summed E-state index contributed by atoms with van der Waals surface area (Å²) in [6, 6.07) is 13.5. The zero-order valence-corrected chi connectivity index (χ0v) is 13.0. The Labute approximate surface area is 131 Å². The lowest BCUT2D eigenvalue weighted by molar-refractivity contribution is 0.360. The second-order valence-corrected chi connectivity index (χ2v) is 6.59. The summed E-state index contributed by atoms with van der Waals surface area (Å²) in [7, 11) is 0. The Balaban J connectivity index is 1.23. The molecule has 0 unspecified atom stereocenters. The third-order valence-electron chi connectivity index (χ3n) is 4.81. The number of nitrogens with zero attached hydrogens (tertiary/aromatic N) is 3. The van der Waals surface area contributed by atoms with Crippen LogP contribution in [0.4, 0.5) is 5.82 Å². The SMILES string of the molecule is Cc1ccc(N2CC(CNC3Cc4ccccc4C3)C2)nn1. The van der Waals surface area contributed by atoms with Crippen molar-refractivity contribution < 1.29 is 0 Å². The zero-order chi connectivity index (χ0) is 14.9. The Kier molecular flexibility index (Phi) is 3.54. The quantitative estimate of drug-likeness (QED) is 0.936. The number of hydrogen-bond donors (Lipinski definition) is 1. The molecule has 1 saturated heterocycles. The zero-order valence-electron chi connectivity index (χ0n) is 13.0. The third kappa shape index (κ3) is 2.71. The molecule has 1 N–H and O–H groups in total. The van der Waals surface area contributed by atoms with Gasteiger partial charge in [-0.1, -0.05) is 24.3 Å². The van der Waals surface area contributed by atoms with E-state index in [0.29, 0.717) is 6.04 Å². The molecule has 1 aromatic heterocycles. The summed E-state index contributed by atoms with van der Waals surface area (Å²) in [5.41, 5.74) is 4.01. The van der Waals surface area contributed by atoms with E-state index in [1.807, 2.05) is 13.0 Å². The van der Waals surface area contributed by atoms with Gasteiger partial charge in [0.2, 0.25) is 0 Å². The van der Waals surface area contributed by atoms with Crippen LogP contribution in [0, 0.1) is 12.8 Å². The van der Waals surface area contributed by atoms with Crippen LogP contribution in [0.25, 0.3) is 0 Å². The summed E-state index contributed by atoms with van der Waals surface area (Å²) >= 11 is 0. The first-order valence-corrected chi connectivity index (χ1v) is 8.13. The fraction of sp³-hybridized carbons (Fsp3) is 0.444. The van der Waals surface area contributed by atoms with Crippen molar-refractivity contribution in [3.63, 3.8) is 0 Å². The molecule has 0 saturated carbocycles. The van der Waals surface area contributed by atoms with E-state index < -0.39 is 0 Å². The Hall–Kier alpha value is -1.94. The highest BCUT2D eigenvalue weighted by Gasteiger charge is 2.29. The molecule has 2 heterocycles. The second kappa shape index (κ2) is 5.69. The highest BCUT2D eigenvalue weighted by Crippen LogP contribution is 2.24. The number of benzene rings is 1. The molecule has 1 aliphatic carbocycles. The van der Waals surface area contributed by atoms with E-state index in [4.69, 9.17) is 0 Å². The molecule has 114 valence electrons. The molecule has 2 aliphatic rings. The van der Waals surface area contributed by atoms with E-state index in [1.54, 1.807) is 0 Å². The monoisotopic (exact) mass is 294 g/mol. The molecule has 1 aliphatic heterocycles. The number of nitrogens with one attached hydrogen (secondary N) is 1. The molecule has 1 fully saturated rings. The molecule has 1 aromatic carbocycles. The van der Waals surface area contributed by atoms with E-state index in [9.17, 15) is 0 Å². The smallest absolute Gasteiger partial charge is 0.151 e. The number of aromatic nitrogens is 2. The van der Waals surface area contributed by atoms with Crippen LogP contribution in [0.1, 0.15) is 16.8 Å². The number of fused-ring (bicyclic) bond motifs is 1. The molecule has 0 radical (unpaired) electrons. The largest absolute Gasteiger partial charge is 0.354 e. The van der Waals surface area contributed by atoms with Crippen molar-refractivity contribution in [2.75, 3.05) is 24.5 Å². The minimum absolute atomic E-state index is 0.616. The minimum Gasteiger partial charge on any atom is -0.354 e. The molecular formula is C18H22N4. The maximum Gasteiger partial charge on any atom is 0.151 e. The first-order valence-electron chi connectivity index (χ1n) is 8.13. The van der Waals surface area contributed by atoms with Gasteiger partial charge in [0.05, 0.1) is 5.69 Å². The molecule has 4 nitrogen and oxygen atoms in total. The number of hydrogen-bond acceptors (Lipinski definition) is 4. The molecule has 0 amide bonds. The Morgan fingerprint density at radius 3 is 2.41 bits per heavy atom. The molecule has 0 bridgehead atoms. The van der Waals surface area contributed by atoms with Crippen LogP contribution in [0.15, 0.2) is 36.4 Å². The number of aryl methyl sites for hydroxylation is 1. The summed E-state index contributed by atoms with van der Waals surface area (Å²) < 4.78 is 0. The average Bonchev–Trinajstić information content (AvgIpc) is 2.90. The average molecular weight is 294 g/mol. The van der Waals surface area contributed by atoms with Gasteiger partial charge in [0.15, 0.2) is 5.82 Å². The minimum atomic E-state index is 0.616. The lowest BCUT2D eigenvalue weighted by Crippen LogP contribution is -2.52. The highest BCUT2D eigenvalue weighted by atomic mass is 15.3. The van der Waals surface area contributed by atoms with E-state index in [-0.39, 0.29) is 0 Å². The third-order valence-corrected chi connectivity index (χ3v) is 4.81. The van der Waals surface area contributed by atoms with Gasteiger partial charge in [0, 0.05) is 31.6 Å². The van der Waals surface area contributed by atoms with Gasteiger partial charge in [0.25, 0.3) is 0 Å². The number of anilines is 1. The van der Waals surface area contributed by atoms with Crippen LogP contribution in [0.2, 0.25) is 0 Å². The van der Waals surface area contributed by atoms with Gasteiger partial charge in [-0.05, 0) is 43.0 Å². The van der Waals surface area contributed by atoms with E-state index in [2.05, 4.69) is 50.7 Å². The van der Waals surface area contributed by atoms with Crippen LogP contribution < -0.4 is 10.2 Å². The first-order chi connectivity index (χ1) is 10.8. The van der Waals surface area contributed by atoms with Crippen molar-refractivity contribution in [2.45, 2.75) is 25.8 Å². The Morgan fingerprint density at radius 2 is 1.77 bits per heavy atom. The molecule has 4 rings (SSSR count). The van der Waals surface area contributed by atoms with E-state index in [1.165, 1.54) is 24.0 Å². The van der Waals surface area contributed by atoms with Crippen LogP contribution in [0.3, 0.4) is 0 Å². The molecule has 22 heavy (non-hydrogen) atoms. The predicted octanol–water partition coefficient (Wildman–Crippen LogP) is 1.98. The summed E-state index contributed by atoms with van der Waals surface area (Å²) in [6.45, 7) is 5.25. The molecule has 0 spiro atoms. The predicted molar refractivity (Wildman–Crippen MR) is 88.1 cm³/mol. The van der Waals surface area contributed by atoms with Crippen molar-refractivity contribution in [3.05, 3.63) is 53.2 Å². The molecule has 2 aromatic rings.